The van der Waals surface area contributed by atoms with Crippen LogP contribution in [0.25, 0.3) is 11.3 Å². The topological polar surface area (TPSA) is 58.4 Å². The van der Waals surface area contributed by atoms with Gasteiger partial charge in [-0.3, -0.25) is 0 Å². The Hall–Kier alpha value is -1.75. The van der Waals surface area contributed by atoms with Gasteiger partial charge in [0.05, 0.1) is 17.1 Å². The number of hydrogen-bond donors (Lipinski definition) is 1. The van der Waals surface area contributed by atoms with E-state index in [1.54, 1.807) is 0 Å². The largest absolute Gasteiger partial charge is 0.411 e. The van der Waals surface area contributed by atoms with Crippen LogP contribution in [0.3, 0.4) is 0 Å². The second-order valence-electron chi connectivity index (χ2n) is 5.16. The van der Waals surface area contributed by atoms with Crippen molar-refractivity contribution in [3.05, 3.63) is 46.1 Å². The van der Waals surface area contributed by atoms with Crippen molar-refractivity contribution < 1.29 is 5.21 Å². The maximum absolute atomic E-state index is 9.19. The maximum Gasteiger partial charge on any atom is 0.0936 e. The SMILES string of the molecule is CC1C/C(=N\O)c2cc(-c3ccc(Br)cc3)nnc2C1. The minimum absolute atomic E-state index is 0.432. The van der Waals surface area contributed by atoms with Crippen molar-refractivity contribution in [1.82, 2.24) is 10.2 Å². The fourth-order valence-corrected chi connectivity index (χ4v) is 2.78. The summed E-state index contributed by atoms with van der Waals surface area (Å²) in [7, 11) is 0. The maximum atomic E-state index is 9.19. The second-order valence-corrected chi connectivity index (χ2v) is 6.07. The van der Waals surface area contributed by atoms with Crippen molar-refractivity contribution in [1.29, 1.82) is 0 Å². The molecule has 1 aliphatic rings. The summed E-state index contributed by atoms with van der Waals surface area (Å²) in [6.45, 7) is 2.12. The molecule has 4 nitrogen and oxygen atoms in total. The Kier molecular flexibility index (Phi) is 3.53. The first-order chi connectivity index (χ1) is 9.67. The van der Waals surface area contributed by atoms with Crippen LogP contribution in [0.1, 0.15) is 24.6 Å². The van der Waals surface area contributed by atoms with Gasteiger partial charge in [0.2, 0.25) is 0 Å². The van der Waals surface area contributed by atoms with Crippen molar-refractivity contribution >= 4 is 21.6 Å². The predicted octanol–water partition coefficient (Wildman–Crippen LogP) is 3.67. The summed E-state index contributed by atoms with van der Waals surface area (Å²) in [4.78, 5) is 0. The molecule has 0 saturated carbocycles. The summed E-state index contributed by atoms with van der Waals surface area (Å²) < 4.78 is 1.03. The van der Waals surface area contributed by atoms with Gasteiger partial charge in [0.25, 0.3) is 0 Å². The molecule has 102 valence electrons. The van der Waals surface area contributed by atoms with Crippen LogP contribution in [0.15, 0.2) is 40.0 Å². The molecule has 0 spiro atoms. The van der Waals surface area contributed by atoms with E-state index < -0.39 is 0 Å². The number of aromatic nitrogens is 2. The monoisotopic (exact) mass is 331 g/mol. The minimum atomic E-state index is 0.432. The lowest BCUT2D eigenvalue weighted by molar-refractivity contribution is 0.316. The molecule has 0 amide bonds. The lowest BCUT2D eigenvalue weighted by Gasteiger charge is -2.21. The molecule has 0 saturated heterocycles. The van der Waals surface area contributed by atoms with E-state index in [4.69, 9.17) is 0 Å². The zero-order chi connectivity index (χ0) is 14.1. The van der Waals surface area contributed by atoms with E-state index in [0.29, 0.717) is 11.6 Å². The third-order valence-corrected chi connectivity index (χ3v) is 4.05. The number of fused-ring (bicyclic) bond motifs is 1. The lowest BCUT2D eigenvalue weighted by atomic mass is 9.86. The molecular formula is C15H14BrN3O. The molecule has 1 atom stereocenters. The fourth-order valence-electron chi connectivity index (χ4n) is 2.52. The molecule has 0 bridgehead atoms. The van der Waals surface area contributed by atoms with Crippen molar-refractivity contribution in [3.8, 4) is 11.3 Å². The average Bonchev–Trinajstić information content (AvgIpc) is 2.46. The normalized spacial score (nSPS) is 19.9. The summed E-state index contributed by atoms with van der Waals surface area (Å²) in [6, 6.07) is 9.88. The molecule has 20 heavy (non-hydrogen) atoms. The standard InChI is InChI=1S/C15H14BrN3O/c1-9-6-14-12(15(7-9)19-20)8-13(17-18-14)10-2-4-11(16)5-3-10/h2-5,8-9,20H,6-7H2,1H3/b19-15+. The van der Waals surface area contributed by atoms with Gasteiger partial charge in [0.1, 0.15) is 0 Å². The molecule has 0 aliphatic heterocycles. The summed E-state index contributed by atoms with van der Waals surface area (Å²) >= 11 is 3.42. The van der Waals surface area contributed by atoms with Gasteiger partial charge in [-0.1, -0.05) is 40.1 Å². The van der Waals surface area contributed by atoms with E-state index in [1.807, 2.05) is 30.3 Å². The van der Waals surface area contributed by atoms with Crippen LogP contribution >= 0.6 is 15.9 Å². The Morgan fingerprint density at radius 2 is 1.95 bits per heavy atom. The molecule has 1 aliphatic carbocycles. The summed E-state index contributed by atoms with van der Waals surface area (Å²) in [5, 5.41) is 21.2. The van der Waals surface area contributed by atoms with Gasteiger partial charge in [-0.2, -0.15) is 10.2 Å². The van der Waals surface area contributed by atoms with Crippen LogP contribution in [0.2, 0.25) is 0 Å². The van der Waals surface area contributed by atoms with E-state index in [2.05, 4.69) is 38.2 Å². The molecule has 2 aromatic rings. The van der Waals surface area contributed by atoms with Gasteiger partial charge >= 0.3 is 0 Å². The average molecular weight is 332 g/mol. The molecule has 0 fully saturated rings. The number of nitrogens with zero attached hydrogens (tertiary/aromatic N) is 3. The molecule has 5 heteroatoms. The quantitative estimate of drug-likeness (QED) is 0.640. The van der Waals surface area contributed by atoms with Crippen molar-refractivity contribution in [2.75, 3.05) is 0 Å². The molecule has 1 heterocycles. The van der Waals surface area contributed by atoms with Gasteiger partial charge in [0, 0.05) is 15.6 Å². The van der Waals surface area contributed by atoms with Crippen LogP contribution in [-0.2, 0) is 6.42 Å². The summed E-state index contributed by atoms with van der Waals surface area (Å²) in [5.74, 6) is 0.432. The van der Waals surface area contributed by atoms with Crippen molar-refractivity contribution in [2.45, 2.75) is 19.8 Å². The highest BCUT2D eigenvalue weighted by Crippen LogP contribution is 2.27. The molecule has 1 N–H and O–H groups in total. The van der Waals surface area contributed by atoms with Gasteiger partial charge in [-0.25, -0.2) is 0 Å². The number of halogens is 1. The smallest absolute Gasteiger partial charge is 0.0936 e. The summed E-state index contributed by atoms with van der Waals surface area (Å²) in [6.07, 6.45) is 1.65. The highest BCUT2D eigenvalue weighted by Gasteiger charge is 2.23. The van der Waals surface area contributed by atoms with Gasteiger partial charge in [0.15, 0.2) is 0 Å². The Morgan fingerprint density at radius 3 is 2.65 bits per heavy atom. The van der Waals surface area contributed by atoms with Gasteiger partial charge < -0.3 is 5.21 Å². The molecule has 3 rings (SSSR count). The van der Waals surface area contributed by atoms with Crippen LogP contribution in [0.4, 0.5) is 0 Å². The first-order valence-corrected chi connectivity index (χ1v) is 7.30. The first-order valence-electron chi connectivity index (χ1n) is 6.51. The molecular weight excluding hydrogens is 318 g/mol. The minimum Gasteiger partial charge on any atom is -0.411 e. The van der Waals surface area contributed by atoms with E-state index in [-0.39, 0.29) is 0 Å². The van der Waals surface area contributed by atoms with E-state index >= 15 is 0 Å². The Balaban J connectivity index is 2.06. The number of hydrogen-bond acceptors (Lipinski definition) is 4. The third-order valence-electron chi connectivity index (χ3n) is 3.53. The van der Waals surface area contributed by atoms with E-state index in [0.717, 1.165) is 39.8 Å². The molecule has 1 unspecified atom stereocenters. The van der Waals surface area contributed by atoms with Crippen molar-refractivity contribution in [3.63, 3.8) is 0 Å². The molecule has 0 radical (unpaired) electrons. The molecule has 1 aromatic carbocycles. The fraction of sp³-hybridized carbons (Fsp3) is 0.267. The Bertz CT molecular complexity index is 667. The predicted molar refractivity (Wildman–Crippen MR) is 81.0 cm³/mol. The van der Waals surface area contributed by atoms with Crippen molar-refractivity contribution in [2.24, 2.45) is 11.1 Å². The number of benzene rings is 1. The van der Waals surface area contributed by atoms with Gasteiger partial charge in [-0.05, 0) is 37.0 Å². The highest BCUT2D eigenvalue weighted by molar-refractivity contribution is 9.10. The van der Waals surface area contributed by atoms with Crippen LogP contribution in [-0.4, -0.2) is 21.1 Å². The Morgan fingerprint density at radius 1 is 1.20 bits per heavy atom. The summed E-state index contributed by atoms with van der Waals surface area (Å²) in [5.41, 5.74) is 4.33. The number of rotatable bonds is 1. The number of oxime groups is 1. The zero-order valence-corrected chi connectivity index (χ0v) is 12.6. The van der Waals surface area contributed by atoms with Gasteiger partial charge in [-0.15, -0.1) is 0 Å². The van der Waals surface area contributed by atoms with E-state index in [9.17, 15) is 5.21 Å². The van der Waals surface area contributed by atoms with Crippen LogP contribution in [0.5, 0.6) is 0 Å². The zero-order valence-electron chi connectivity index (χ0n) is 11.0. The van der Waals surface area contributed by atoms with E-state index in [1.165, 1.54) is 0 Å². The first kappa shape index (κ1) is 13.2. The Labute approximate surface area is 125 Å². The second kappa shape index (κ2) is 5.32. The molecule has 1 aromatic heterocycles. The van der Waals surface area contributed by atoms with Crippen LogP contribution < -0.4 is 0 Å². The third kappa shape index (κ3) is 2.45. The van der Waals surface area contributed by atoms with Crippen LogP contribution in [0, 0.1) is 5.92 Å². The highest BCUT2D eigenvalue weighted by atomic mass is 79.9. The lowest BCUT2D eigenvalue weighted by Crippen LogP contribution is -2.21.